The van der Waals surface area contributed by atoms with Crippen LogP contribution in [0.4, 0.5) is 4.79 Å². The van der Waals surface area contributed by atoms with Gasteiger partial charge in [0.05, 0.1) is 17.8 Å². The molecule has 1 saturated heterocycles. The predicted octanol–water partition coefficient (Wildman–Crippen LogP) is 3.25. The molecule has 1 aliphatic heterocycles. The molecule has 1 aromatic rings. The maximum absolute atomic E-state index is 12.5. The highest BCUT2D eigenvalue weighted by molar-refractivity contribution is 5.97. The number of carbonyl (C=O) groups excluding carboxylic acids is 3. The van der Waals surface area contributed by atoms with Crippen LogP contribution >= 0.6 is 0 Å². The Kier molecular flexibility index (Phi) is 6.86. The van der Waals surface area contributed by atoms with Gasteiger partial charge < -0.3 is 14.8 Å². The van der Waals surface area contributed by atoms with Crippen molar-refractivity contribution in [2.24, 2.45) is 17.8 Å². The van der Waals surface area contributed by atoms with E-state index in [9.17, 15) is 14.4 Å². The minimum absolute atomic E-state index is 0.172. The summed E-state index contributed by atoms with van der Waals surface area (Å²) < 4.78 is 10.9. The first-order valence-electron chi connectivity index (χ1n) is 13.0. The Labute approximate surface area is 207 Å². The van der Waals surface area contributed by atoms with Gasteiger partial charge in [0.1, 0.15) is 0 Å². The maximum Gasteiger partial charge on any atom is 0.338 e. The van der Waals surface area contributed by atoms with Crippen LogP contribution in [0.25, 0.3) is 0 Å². The van der Waals surface area contributed by atoms with Crippen LogP contribution in [-0.4, -0.2) is 60.3 Å². The number of ether oxygens (including phenoxy) is 2. The summed E-state index contributed by atoms with van der Waals surface area (Å²) in [6.07, 6.45) is 7.28. The van der Waals surface area contributed by atoms with Gasteiger partial charge in [0.15, 0.2) is 6.61 Å². The minimum Gasteiger partial charge on any atom is -0.452 e. The van der Waals surface area contributed by atoms with Gasteiger partial charge in [-0.15, -0.1) is 0 Å². The van der Waals surface area contributed by atoms with Crippen LogP contribution in [0, 0.1) is 17.8 Å². The highest BCUT2D eigenvalue weighted by Crippen LogP contribution is 2.55. The number of urea groups is 1. The highest BCUT2D eigenvalue weighted by Gasteiger charge is 2.51. The summed E-state index contributed by atoms with van der Waals surface area (Å²) in [6, 6.07) is 6.75. The zero-order valence-electron chi connectivity index (χ0n) is 20.8. The fourth-order valence-corrected chi connectivity index (χ4v) is 7.33. The number of esters is 1. The third kappa shape index (κ3) is 5.86. The Balaban J connectivity index is 1.06. The second kappa shape index (κ2) is 9.90. The molecule has 0 radical (unpaired) electrons. The lowest BCUT2D eigenvalue weighted by Crippen LogP contribution is -2.62. The first kappa shape index (κ1) is 24.3. The van der Waals surface area contributed by atoms with Gasteiger partial charge >= 0.3 is 12.0 Å². The molecular weight excluding hydrogens is 446 g/mol. The number of rotatable bonds is 6. The van der Waals surface area contributed by atoms with Crippen LogP contribution in [0.5, 0.6) is 0 Å². The van der Waals surface area contributed by atoms with Crippen LogP contribution in [0.15, 0.2) is 24.3 Å². The number of imide groups is 1. The molecule has 1 heterocycles. The Morgan fingerprint density at radius 1 is 0.971 bits per heavy atom. The number of nitrogens with zero attached hydrogens (tertiary/aromatic N) is 1. The van der Waals surface area contributed by atoms with Gasteiger partial charge in [0.25, 0.3) is 5.91 Å². The van der Waals surface area contributed by atoms with E-state index in [1.165, 1.54) is 19.3 Å². The van der Waals surface area contributed by atoms with Gasteiger partial charge in [0.2, 0.25) is 0 Å². The molecule has 8 heteroatoms. The Bertz CT molecular complexity index is 917. The highest BCUT2D eigenvalue weighted by atomic mass is 16.5. The van der Waals surface area contributed by atoms with Crippen molar-refractivity contribution in [3.8, 4) is 0 Å². The van der Waals surface area contributed by atoms with Crippen molar-refractivity contribution < 1.29 is 23.9 Å². The van der Waals surface area contributed by atoms with E-state index in [-0.39, 0.29) is 17.7 Å². The number of carbonyl (C=O) groups is 3. The normalized spacial score (nSPS) is 33.8. The molecular formula is C27H37N3O5. The Morgan fingerprint density at radius 2 is 1.54 bits per heavy atom. The predicted molar refractivity (Wildman–Crippen MR) is 130 cm³/mol. The molecule has 2 unspecified atom stereocenters. The number of nitrogens with one attached hydrogen (secondary N) is 2. The molecule has 3 amide bonds. The Morgan fingerprint density at radius 3 is 2.11 bits per heavy atom. The van der Waals surface area contributed by atoms with Crippen LogP contribution in [0.1, 0.15) is 68.3 Å². The SMILES string of the molecule is CC1CN(Cc2ccc(C(=O)OCC(=O)NC(=O)NC34CC5CC(CC(C5)C3)C4)cc2)CC(C)O1. The summed E-state index contributed by atoms with van der Waals surface area (Å²) >= 11 is 0. The molecule has 2 N–H and O–H groups in total. The molecule has 35 heavy (non-hydrogen) atoms. The molecule has 1 aromatic carbocycles. The quantitative estimate of drug-likeness (QED) is 0.603. The van der Waals surface area contributed by atoms with E-state index in [1.807, 2.05) is 12.1 Å². The third-order valence-electron chi connectivity index (χ3n) is 8.10. The van der Waals surface area contributed by atoms with Crippen LogP contribution < -0.4 is 10.6 Å². The fourth-order valence-electron chi connectivity index (χ4n) is 7.33. The van der Waals surface area contributed by atoms with Gasteiger partial charge in [-0.1, -0.05) is 12.1 Å². The van der Waals surface area contributed by atoms with Crippen LogP contribution in [0.3, 0.4) is 0 Å². The van der Waals surface area contributed by atoms with E-state index in [0.29, 0.717) is 23.3 Å². The molecule has 4 saturated carbocycles. The number of amides is 3. The Hall–Kier alpha value is -2.45. The molecule has 4 bridgehead atoms. The largest absolute Gasteiger partial charge is 0.452 e. The van der Waals surface area contributed by atoms with Crippen molar-refractivity contribution in [1.82, 2.24) is 15.5 Å². The number of benzene rings is 1. The van der Waals surface area contributed by atoms with E-state index >= 15 is 0 Å². The number of morpholine rings is 1. The lowest BCUT2D eigenvalue weighted by atomic mass is 9.53. The summed E-state index contributed by atoms with van der Waals surface area (Å²) in [6.45, 7) is 6.20. The zero-order chi connectivity index (χ0) is 24.6. The van der Waals surface area contributed by atoms with Gasteiger partial charge in [-0.25, -0.2) is 9.59 Å². The van der Waals surface area contributed by atoms with E-state index in [2.05, 4.69) is 29.4 Å². The molecule has 190 valence electrons. The number of hydrogen-bond donors (Lipinski definition) is 2. The van der Waals surface area contributed by atoms with Crippen molar-refractivity contribution in [2.45, 2.75) is 76.7 Å². The first-order valence-corrected chi connectivity index (χ1v) is 13.0. The molecule has 5 aliphatic rings. The van der Waals surface area contributed by atoms with Gasteiger partial charge in [-0.05, 0) is 87.8 Å². The van der Waals surface area contributed by atoms with E-state index in [4.69, 9.17) is 9.47 Å². The first-order chi connectivity index (χ1) is 16.7. The van der Waals surface area contributed by atoms with Crippen molar-refractivity contribution in [3.63, 3.8) is 0 Å². The molecule has 2 atom stereocenters. The van der Waals surface area contributed by atoms with Crippen molar-refractivity contribution >= 4 is 17.9 Å². The average molecular weight is 484 g/mol. The van der Waals surface area contributed by atoms with E-state index in [1.54, 1.807) is 12.1 Å². The minimum atomic E-state index is -0.618. The van der Waals surface area contributed by atoms with Crippen molar-refractivity contribution in [2.75, 3.05) is 19.7 Å². The van der Waals surface area contributed by atoms with Crippen molar-refractivity contribution in [3.05, 3.63) is 35.4 Å². The lowest BCUT2D eigenvalue weighted by molar-refractivity contribution is -0.123. The van der Waals surface area contributed by atoms with Crippen molar-refractivity contribution in [1.29, 1.82) is 0 Å². The molecule has 4 aliphatic carbocycles. The molecule has 0 spiro atoms. The number of hydrogen-bond acceptors (Lipinski definition) is 6. The monoisotopic (exact) mass is 483 g/mol. The second-order valence-corrected chi connectivity index (χ2v) is 11.4. The topological polar surface area (TPSA) is 97.0 Å². The lowest BCUT2D eigenvalue weighted by Gasteiger charge is -2.56. The summed E-state index contributed by atoms with van der Waals surface area (Å²) in [5, 5.41) is 5.44. The molecule has 0 aromatic heterocycles. The van der Waals surface area contributed by atoms with E-state index in [0.717, 1.165) is 44.5 Å². The van der Waals surface area contributed by atoms with Crippen LogP contribution in [-0.2, 0) is 20.8 Å². The molecule has 5 fully saturated rings. The van der Waals surface area contributed by atoms with Gasteiger partial charge in [0, 0.05) is 25.2 Å². The zero-order valence-corrected chi connectivity index (χ0v) is 20.8. The average Bonchev–Trinajstić information content (AvgIpc) is 2.76. The summed E-state index contributed by atoms with van der Waals surface area (Å²) in [5.74, 6) is 0.899. The third-order valence-corrected chi connectivity index (χ3v) is 8.10. The van der Waals surface area contributed by atoms with Gasteiger partial charge in [-0.2, -0.15) is 0 Å². The van der Waals surface area contributed by atoms with Crippen LogP contribution in [0.2, 0.25) is 0 Å². The standard InChI is InChI=1S/C27H37N3O5/c1-17-13-30(14-18(2)35-17)15-19-3-5-23(6-4-19)25(32)34-16-24(31)28-26(33)29-27-10-20-7-21(11-27)9-22(8-20)12-27/h3-6,17-18,20-22H,7-16H2,1-2H3,(H2,28,29,31,33). The van der Waals surface area contributed by atoms with Gasteiger partial charge in [-0.3, -0.25) is 15.0 Å². The second-order valence-electron chi connectivity index (χ2n) is 11.4. The molecule has 8 nitrogen and oxygen atoms in total. The molecule has 6 rings (SSSR count). The fraction of sp³-hybridized carbons (Fsp3) is 0.667. The van der Waals surface area contributed by atoms with E-state index < -0.39 is 24.5 Å². The summed E-state index contributed by atoms with van der Waals surface area (Å²) in [4.78, 5) is 39.5. The maximum atomic E-state index is 12.5. The smallest absolute Gasteiger partial charge is 0.338 e. The summed E-state index contributed by atoms with van der Waals surface area (Å²) in [7, 11) is 0. The summed E-state index contributed by atoms with van der Waals surface area (Å²) in [5.41, 5.74) is 1.31.